The van der Waals surface area contributed by atoms with Crippen LogP contribution in [0.5, 0.6) is 0 Å². The summed E-state index contributed by atoms with van der Waals surface area (Å²) in [6.07, 6.45) is 1.74. The minimum absolute atomic E-state index is 0.348. The molecule has 0 aromatic heterocycles. The quantitative estimate of drug-likeness (QED) is 0.858. The maximum Gasteiger partial charge on any atom is 0.264 e. The highest BCUT2D eigenvalue weighted by Gasteiger charge is 2.28. The van der Waals surface area contributed by atoms with Gasteiger partial charge in [0.2, 0.25) is 0 Å². The zero-order valence-corrected chi connectivity index (χ0v) is 13.0. The molecule has 1 aliphatic rings. The fraction of sp³-hybridized carbons (Fsp3) is 0.467. The van der Waals surface area contributed by atoms with Crippen LogP contribution in [0.2, 0.25) is 0 Å². The average molecular weight is 295 g/mol. The Morgan fingerprint density at radius 3 is 2.45 bits per heavy atom. The van der Waals surface area contributed by atoms with E-state index in [1.807, 2.05) is 26.0 Å². The van der Waals surface area contributed by atoms with E-state index in [0.717, 1.165) is 29.7 Å². The summed E-state index contributed by atoms with van der Waals surface area (Å²) in [5, 5.41) is 0. The van der Waals surface area contributed by atoms with Crippen molar-refractivity contribution >= 4 is 10.0 Å². The van der Waals surface area contributed by atoms with Crippen LogP contribution in [0.1, 0.15) is 25.3 Å². The number of hydrogen-bond donors (Lipinski definition) is 0. The summed E-state index contributed by atoms with van der Waals surface area (Å²) in [5.41, 5.74) is 2.92. The van der Waals surface area contributed by atoms with Crippen molar-refractivity contribution in [1.82, 2.24) is 4.31 Å². The summed E-state index contributed by atoms with van der Waals surface area (Å²) in [6.45, 7) is 4.83. The van der Waals surface area contributed by atoms with Crippen LogP contribution in [0, 0.1) is 6.92 Å². The third-order valence-corrected chi connectivity index (χ3v) is 5.56. The predicted octanol–water partition coefficient (Wildman–Crippen LogP) is 2.70. The molecule has 5 heteroatoms. The summed E-state index contributed by atoms with van der Waals surface area (Å²) in [7, 11) is -1.83. The summed E-state index contributed by atoms with van der Waals surface area (Å²) in [4.78, 5) is 0.348. The van der Waals surface area contributed by atoms with Crippen LogP contribution in [-0.2, 0) is 14.8 Å². The molecule has 0 amide bonds. The van der Waals surface area contributed by atoms with Crippen molar-refractivity contribution in [2.24, 2.45) is 0 Å². The van der Waals surface area contributed by atoms with Crippen LogP contribution in [0.3, 0.4) is 0 Å². The number of methoxy groups -OCH3 is 1. The Bertz CT molecular complexity index is 603. The van der Waals surface area contributed by atoms with E-state index >= 15 is 0 Å². The van der Waals surface area contributed by atoms with E-state index in [2.05, 4.69) is 0 Å². The lowest BCUT2D eigenvalue weighted by atomic mass is 10.1. The van der Waals surface area contributed by atoms with Crippen molar-refractivity contribution < 1.29 is 13.2 Å². The maximum absolute atomic E-state index is 12.7. The number of nitrogens with zero attached hydrogens (tertiary/aromatic N) is 1. The van der Waals surface area contributed by atoms with Gasteiger partial charge in [0.15, 0.2) is 0 Å². The van der Waals surface area contributed by atoms with E-state index in [-0.39, 0.29) is 0 Å². The van der Waals surface area contributed by atoms with E-state index in [4.69, 9.17) is 4.74 Å². The largest absolute Gasteiger partial charge is 0.380 e. The highest BCUT2D eigenvalue weighted by atomic mass is 32.2. The van der Waals surface area contributed by atoms with Crippen LogP contribution in [0.15, 0.2) is 40.4 Å². The van der Waals surface area contributed by atoms with Crippen molar-refractivity contribution in [2.45, 2.75) is 31.6 Å². The van der Waals surface area contributed by atoms with Gasteiger partial charge in [0.25, 0.3) is 10.0 Å². The standard InChI is InChI=1S/C15H21NO3S/c1-12-6-8-15(9-7-12)20(17,18)16-10-4-5-14(11-19-3)13(16)2/h6-9H,4-5,10-11H2,1-3H3. The molecule has 0 aliphatic carbocycles. The molecule has 0 radical (unpaired) electrons. The molecule has 1 aliphatic heterocycles. The van der Waals surface area contributed by atoms with Gasteiger partial charge in [-0.25, -0.2) is 8.42 Å². The number of allylic oxidation sites excluding steroid dienone is 1. The van der Waals surface area contributed by atoms with Gasteiger partial charge in [0.1, 0.15) is 0 Å². The van der Waals surface area contributed by atoms with Crippen molar-refractivity contribution in [3.05, 3.63) is 41.1 Å². The summed E-state index contributed by atoms with van der Waals surface area (Å²) in [5.74, 6) is 0. The molecule has 1 aromatic carbocycles. The van der Waals surface area contributed by atoms with Gasteiger partial charge in [0, 0.05) is 19.4 Å². The first kappa shape index (κ1) is 15.1. The molecule has 0 saturated carbocycles. The minimum Gasteiger partial charge on any atom is -0.380 e. The highest BCUT2D eigenvalue weighted by molar-refractivity contribution is 7.89. The van der Waals surface area contributed by atoms with Gasteiger partial charge in [-0.05, 0) is 44.4 Å². The Hall–Kier alpha value is -1.33. The second-order valence-corrected chi connectivity index (χ2v) is 6.98. The van der Waals surface area contributed by atoms with Gasteiger partial charge in [0.05, 0.1) is 11.5 Å². The number of benzene rings is 1. The van der Waals surface area contributed by atoms with Crippen molar-refractivity contribution in [1.29, 1.82) is 0 Å². The predicted molar refractivity (Wildman–Crippen MR) is 78.9 cm³/mol. The number of aryl methyl sites for hydroxylation is 1. The van der Waals surface area contributed by atoms with Gasteiger partial charge >= 0.3 is 0 Å². The number of hydrogen-bond acceptors (Lipinski definition) is 3. The van der Waals surface area contributed by atoms with Gasteiger partial charge in [-0.1, -0.05) is 17.7 Å². The molecular formula is C15H21NO3S. The Labute approximate surface area is 121 Å². The van der Waals surface area contributed by atoms with E-state index in [1.54, 1.807) is 19.2 Å². The van der Waals surface area contributed by atoms with E-state index in [0.29, 0.717) is 18.0 Å². The van der Waals surface area contributed by atoms with Gasteiger partial charge < -0.3 is 4.74 Å². The van der Waals surface area contributed by atoms with Gasteiger partial charge in [-0.3, -0.25) is 4.31 Å². The van der Waals surface area contributed by atoms with Gasteiger partial charge in [-0.2, -0.15) is 0 Å². The average Bonchev–Trinajstić information content (AvgIpc) is 2.41. The van der Waals surface area contributed by atoms with Crippen molar-refractivity contribution in [2.75, 3.05) is 20.3 Å². The van der Waals surface area contributed by atoms with Crippen LogP contribution in [0.4, 0.5) is 0 Å². The van der Waals surface area contributed by atoms with Crippen molar-refractivity contribution in [3.63, 3.8) is 0 Å². The Kier molecular flexibility index (Phi) is 4.50. The summed E-state index contributed by atoms with van der Waals surface area (Å²) >= 11 is 0. The molecule has 20 heavy (non-hydrogen) atoms. The Balaban J connectivity index is 2.38. The zero-order chi connectivity index (χ0) is 14.8. The number of sulfonamides is 1. The number of ether oxygens (including phenoxy) is 1. The van der Waals surface area contributed by atoms with Crippen LogP contribution >= 0.6 is 0 Å². The Morgan fingerprint density at radius 1 is 1.20 bits per heavy atom. The first-order chi connectivity index (χ1) is 9.46. The zero-order valence-electron chi connectivity index (χ0n) is 12.2. The summed E-state index contributed by atoms with van der Waals surface area (Å²) in [6, 6.07) is 6.99. The highest BCUT2D eigenvalue weighted by Crippen LogP contribution is 2.28. The van der Waals surface area contributed by atoms with Gasteiger partial charge in [-0.15, -0.1) is 0 Å². The molecule has 0 spiro atoms. The first-order valence-electron chi connectivity index (χ1n) is 6.74. The Morgan fingerprint density at radius 2 is 1.85 bits per heavy atom. The lowest BCUT2D eigenvalue weighted by Gasteiger charge is -2.31. The summed E-state index contributed by atoms with van der Waals surface area (Å²) < 4.78 is 32.1. The molecule has 1 aromatic rings. The molecule has 0 atom stereocenters. The van der Waals surface area contributed by atoms with Crippen molar-refractivity contribution in [3.8, 4) is 0 Å². The lowest BCUT2D eigenvalue weighted by molar-refractivity contribution is 0.216. The van der Waals surface area contributed by atoms with Crippen LogP contribution in [0.25, 0.3) is 0 Å². The second kappa shape index (κ2) is 5.97. The van der Waals surface area contributed by atoms with Crippen LogP contribution in [-0.4, -0.2) is 33.0 Å². The normalized spacial score (nSPS) is 16.6. The van der Waals surface area contributed by atoms with E-state index in [1.165, 1.54) is 4.31 Å². The molecule has 110 valence electrons. The molecule has 0 bridgehead atoms. The molecule has 0 fully saturated rings. The second-order valence-electron chi connectivity index (χ2n) is 5.12. The molecule has 4 nitrogen and oxygen atoms in total. The maximum atomic E-state index is 12.7. The topological polar surface area (TPSA) is 46.6 Å². The smallest absolute Gasteiger partial charge is 0.264 e. The molecular weight excluding hydrogens is 274 g/mol. The SMILES string of the molecule is COCC1=C(C)N(S(=O)(=O)c2ccc(C)cc2)CCC1. The molecule has 2 rings (SSSR count). The minimum atomic E-state index is -3.46. The fourth-order valence-electron chi connectivity index (χ4n) is 2.45. The monoisotopic (exact) mass is 295 g/mol. The van der Waals surface area contributed by atoms with Crippen LogP contribution < -0.4 is 0 Å². The number of rotatable bonds is 4. The van der Waals surface area contributed by atoms with E-state index < -0.39 is 10.0 Å². The molecule has 0 saturated heterocycles. The third kappa shape index (κ3) is 2.88. The first-order valence-corrected chi connectivity index (χ1v) is 8.18. The molecule has 0 N–H and O–H groups in total. The molecule has 1 heterocycles. The third-order valence-electron chi connectivity index (χ3n) is 3.65. The lowest BCUT2D eigenvalue weighted by Crippen LogP contribution is -2.34. The fourth-order valence-corrected chi connectivity index (χ4v) is 4.04. The van der Waals surface area contributed by atoms with E-state index in [9.17, 15) is 8.42 Å². The molecule has 0 unspecified atom stereocenters.